The summed E-state index contributed by atoms with van der Waals surface area (Å²) in [5, 5.41) is 0. The Morgan fingerprint density at radius 1 is 1.37 bits per heavy atom. The molecule has 1 saturated heterocycles. The van der Waals surface area contributed by atoms with Gasteiger partial charge in [0.15, 0.2) is 0 Å². The molecule has 1 aromatic rings. The van der Waals surface area contributed by atoms with E-state index >= 15 is 0 Å². The van der Waals surface area contributed by atoms with E-state index < -0.39 is 6.04 Å². The molecule has 0 aliphatic carbocycles. The van der Waals surface area contributed by atoms with Crippen LogP contribution in [0.5, 0.6) is 0 Å². The molecule has 1 heterocycles. The van der Waals surface area contributed by atoms with Gasteiger partial charge in [-0.2, -0.15) is 0 Å². The van der Waals surface area contributed by atoms with E-state index in [9.17, 15) is 4.79 Å². The SMILES string of the molecule is CC1COC(c2ccccc2)C(C)N1C(=O)[C@H](C)N. The molecule has 19 heavy (non-hydrogen) atoms. The molecular formula is C15H22N2O2. The fraction of sp³-hybridized carbons (Fsp3) is 0.533. The molecule has 2 rings (SSSR count). The van der Waals surface area contributed by atoms with Gasteiger partial charge in [0.25, 0.3) is 0 Å². The van der Waals surface area contributed by atoms with E-state index in [-0.39, 0.29) is 24.1 Å². The molecule has 0 radical (unpaired) electrons. The minimum absolute atomic E-state index is 0.00958. The van der Waals surface area contributed by atoms with Crippen molar-refractivity contribution in [2.24, 2.45) is 5.73 Å². The molecule has 0 aromatic heterocycles. The van der Waals surface area contributed by atoms with E-state index in [1.807, 2.05) is 49.1 Å². The van der Waals surface area contributed by atoms with Crippen molar-refractivity contribution >= 4 is 5.91 Å². The summed E-state index contributed by atoms with van der Waals surface area (Å²) in [5.41, 5.74) is 6.84. The summed E-state index contributed by atoms with van der Waals surface area (Å²) in [6.45, 7) is 6.29. The van der Waals surface area contributed by atoms with Crippen molar-refractivity contribution < 1.29 is 9.53 Å². The van der Waals surface area contributed by atoms with Gasteiger partial charge in [-0.1, -0.05) is 30.3 Å². The van der Waals surface area contributed by atoms with Gasteiger partial charge in [0.2, 0.25) is 5.91 Å². The van der Waals surface area contributed by atoms with Crippen LogP contribution < -0.4 is 5.73 Å². The zero-order chi connectivity index (χ0) is 14.0. The quantitative estimate of drug-likeness (QED) is 0.882. The first-order chi connectivity index (χ1) is 9.02. The summed E-state index contributed by atoms with van der Waals surface area (Å²) in [4.78, 5) is 14.1. The molecule has 1 aliphatic rings. The van der Waals surface area contributed by atoms with Gasteiger partial charge >= 0.3 is 0 Å². The van der Waals surface area contributed by atoms with Gasteiger partial charge in [0.05, 0.1) is 24.7 Å². The van der Waals surface area contributed by atoms with Crippen LogP contribution in [0.1, 0.15) is 32.4 Å². The van der Waals surface area contributed by atoms with E-state index in [1.54, 1.807) is 6.92 Å². The second-order valence-electron chi connectivity index (χ2n) is 5.29. The lowest BCUT2D eigenvalue weighted by Gasteiger charge is -2.44. The summed E-state index contributed by atoms with van der Waals surface area (Å²) in [6.07, 6.45) is -0.0832. The first-order valence-corrected chi connectivity index (χ1v) is 6.76. The summed E-state index contributed by atoms with van der Waals surface area (Å²) in [6, 6.07) is 9.60. The van der Waals surface area contributed by atoms with Crippen LogP contribution in [0.2, 0.25) is 0 Å². The Morgan fingerprint density at radius 3 is 2.58 bits per heavy atom. The normalized spacial score (nSPS) is 29.1. The average Bonchev–Trinajstić information content (AvgIpc) is 2.39. The number of hydrogen-bond donors (Lipinski definition) is 1. The highest BCUT2D eigenvalue weighted by atomic mass is 16.5. The highest BCUT2D eigenvalue weighted by Crippen LogP contribution is 2.31. The van der Waals surface area contributed by atoms with Crippen molar-refractivity contribution in [3.8, 4) is 0 Å². The van der Waals surface area contributed by atoms with Gasteiger partial charge in [-0.3, -0.25) is 4.79 Å². The molecule has 104 valence electrons. The van der Waals surface area contributed by atoms with E-state index in [4.69, 9.17) is 10.5 Å². The maximum atomic E-state index is 12.2. The zero-order valence-electron chi connectivity index (χ0n) is 11.7. The fourth-order valence-corrected chi connectivity index (χ4v) is 2.68. The summed E-state index contributed by atoms with van der Waals surface area (Å²) in [7, 11) is 0. The van der Waals surface area contributed by atoms with E-state index in [1.165, 1.54) is 0 Å². The van der Waals surface area contributed by atoms with Gasteiger partial charge in [0, 0.05) is 0 Å². The predicted octanol–water partition coefficient (Wildman–Crippen LogP) is 1.71. The first-order valence-electron chi connectivity index (χ1n) is 6.76. The molecule has 3 unspecified atom stereocenters. The molecule has 0 bridgehead atoms. The van der Waals surface area contributed by atoms with Crippen molar-refractivity contribution in [1.82, 2.24) is 4.90 Å². The van der Waals surface area contributed by atoms with Gasteiger partial charge < -0.3 is 15.4 Å². The van der Waals surface area contributed by atoms with Crippen LogP contribution in [0.4, 0.5) is 0 Å². The molecule has 4 nitrogen and oxygen atoms in total. The van der Waals surface area contributed by atoms with Gasteiger partial charge in [-0.15, -0.1) is 0 Å². The molecule has 1 aromatic carbocycles. The van der Waals surface area contributed by atoms with Crippen LogP contribution in [0.3, 0.4) is 0 Å². The van der Waals surface area contributed by atoms with Crippen molar-refractivity contribution in [3.63, 3.8) is 0 Å². The molecule has 4 atom stereocenters. The second-order valence-corrected chi connectivity index (χ2v) is 5.29. The smallest absolute Gasteiger partial charge is 0.239 e. The van der Waals surface area contributed by atoms with Crippen LogP contribution in [-0.2, 0) is 9.53 Å². The number of nitrogens with zero attached hydrogens (tertiary/aromatic N) is 1. The lowest BCUT2D eigenvalue weighted by Crippen LogP contribution is -2.57. The highest BCUT2D eigenvalue weighted by Gasteiger charge is 2.37. The van der Waals surface area contributed by atoms with Crippen LogP contribution in [-0.4, -0.2) is 35.5 Å². The minimum atomic E-state index is -0.473. The Kier molecular flexibility index (Phi) is 4.22. The molecule has 1 fully saturated rings. The number of hydrogen-bond acceptors (Lipinski definition) is 3. The predicted molar refractivity (Wildman–Crippen MR) is 74.6 cm³/mol. The van der Waals surface area contributed by atoms with Gasteiger partial charge in [0.1, 0.15) is 6.10 Å². The average molecular weight is 262 g/mol. The van der Waals surface area contributed by atoms with Crippen molar-refractivity contribution in [2.75, 3.05) is 6.61 Å². The van der Waals surface area contributed by atoms with E-state index in [0.717, 1.165) is 5.56 Å². The van der Waals surface area contributed by atoms with E-state index in [2.05, 4.69) is 0 Å². The molecule has 0 saturated carbocycles. The molecule has 1 amide bonds. The maximum absolute atomic E-state index is 12.2. The topological polar surface area (TPSA) is 55.6 Å². The van der Waals surface area contributed by atoms with Crippen LogP contribution in [0, 0.1) is 0 Å². The number of ether oxygens (including phenoxy) is 1. The minimum Gasteiger partial charge on any atom is -0.369 e. The third kappa shape index (κ3) is 2.80. The second kappa shape index (κ2) is 5.72. The Morgan fingerprint density at radius 2 is 2.00 bits per heavy atom. The summed E-state index contributed by atoms with van der Waals surface area (Å²) < 4.78 is 5.91. The molecular weight excluding hydrogens is 240 g/mol. The number of nitrogens with two attached hydrogens (primary N) is 1. The first kappa shape index (κ1) is 14.0. The lowest BCUT2D eigenvalue weighted by atomic mass is 9.98. The number of amides is 1. The number of carbonyl (C=O) groups is 1. The third-order valence-corrected chi connectivity index (χ3v) is 3.64. The Hall–Kier alpha value is -1.39. The Balaban J connectivity index is 2.23. The van der Waals surface area contributed by atoms with Crippen LogP contribution >= 0.6 is 0 Å². The standard InChI is InChI=1S/C15H22N2O2/c1-10-9-19-14(13-7-5-4-6-8-13)12(3)17(10)15(18)11(2)16/h4-8,10-12,14H,9,16H2,1-3H3/t10?,11-,12?,14?/m0/s1. The molecule has 4 heteroatoms. The van der Waals surface area contributed by atoms with Gasteiger partial charge in [-0.25, -0.2) is 0 Å². The highest BCUT2D eigenvalue weighted by molar-refractivity contribution is 5.82. The molecule has 1 aliphatic heterocycles. The largest absolute Gasteiger partial charge is 0.369 e. The summed E-state index contributed by atoms with van der Waals surface area (Å²) in [5.74, 6) is -0.00997. The lowest BCUT2D eigenvalue weighted by molar-refractivity contribution is -0.154. The van der Waals surface area contributed by atoms with Crippen molar-refractivity contribution in [3.05, 3.63) is 35.9 Å². The molecule has 2 N–H and O–H groups in total. The Bertz CT molecular complexity index is 433. The number of carbonyl (C=O) groups excluding carboxylic acids is 1. The fourth-order valence-electron chi connectivity index (χ4n) is 2.68. The zero-order valence-corrected chi connectivity index (χ0v) is 11.7. The monoisotopic (exact) mass is 262 g/mol. The van der Waals surface area contributed by atoms with Crippen molar-refractivity contribution in [1.29, 1.82) is 0 Å². The summed E-state index contributed by atoms with van der Waals surface area (Å²) >= 11 is 0. The number of benzene rings is 1. The van der Waals surface area contributed by atoms with E-state index in [0.29, 0.717) is 6.61 Å². The van der Waals surface area contributed by atoms with Crippen LogP contribution in [0.15, 0.2) is 30.3 Å². The van der Waals surface area contributed by atoms with Gasteiger partial charge in [-0.05, 0) is 26.3 Å². The van der Waals surface area contributed by atoms with Crippen molar-refractivity contribution in [2.45, 2.75) is 45.0 Å². The number of morpholine rings is 1. The third-order valence-electron chi connectivity index (χ3n) is 3.64. The number of rotatable bonds is 2. The maximum Gasteiger partial charge on any atom is 0.239 e. The Labute approximate surface area is 114 Å². The molecule has 0 spiro atoms. The van der Waals surface area contributed by atoms with Crippen LogP contribution in [0.25, 0.3) is 0 Å².